The van der Waals surface area contributed by atoms with Crippen LogP contribution in [0, 0.1) is 0 Å². The van der Waals surface area contributed by atoms with E-state index in [-0.39, 0.29) is 18.4 Å². The molecule has 1 atom stereocenters. The number of halogens is 3. The van der Waals surface area contributed by atoms with Gasteiger partial charge in [0.15, 0.2) is 18.1 Å². The predicted molar refractivity (Wildman–Crippen MR) is 119 cm³/mol. The molecule has 5 nitrogen and oxygen atoms in total. The number of para-hydroxylation sites is 2. The van der Waals surface area contributed by atoms with Crippen LogP contribution in [-0.2, 0) is 12.8 Å². The Morgan fingerprint density at radius 3 is 2.59 bits per heavy atom. The normalized spacial score (nSPS) is 14.3. The first-order valence-electron chi connectivity index (χ1n) is 11.0. The van der Waals surface area contributed by atoms with Gasteiger partial charge in [0, 0.05) is 38.0 Å². The molecule has 0 radical (unpaired) electrons. The third-order valence-electron chi connectivity index (χ3n) is 5.36. The van der Waals surface area contributed by atoms with E-state index in [4.69, 9.17) is 14.6 Å². The van der Waals surface area contributed by atoms with Gasteiger partial charge < -0.3 is 24.8 Å². The zero-order chi connectivity index (χ0) is 23.0. The van der Waals surface area contributed by atoms with Gasteiger partial charge in [-0.05, 0) is 55.5 Å². The molecule has 0 aromatic heterocycles. The standard InChI is InChI=1S/C24H31F3N2O3/c1-18(15-19-7-8-21-20(16-19)9-12-29(21)11-4-13-30)28-10-14-31-22-5-2-3-6-23(22)32-17-24(25,26)27/h2-3,5-8,16,18,28,30H,4,9-15,17H2,1H3/t18-/m1/s1. The molecule has 2 aromatic carbocycles. The van der Waals surface area contributed by atoms with Gasteiger partial charge in [-0.25, -0.2) is 0 Å². The predicted octanol–water partition coefficient (Wildman–Crippen LogP) is 3.97. The van der Waals surface area contributed by atoms with Crippen LogP contribution in [0.5, 0.6) is 11.5 Å². The van der Waals surface area contributed by atoms with E-state index < -0.39 is 12.8 Å². The van der Waals surface area contributed by atoms with Crippen molar-refractivity contribution in [3.63, 3.8) is 0 Å². The lowest BCUT2D eigenvalue weighted by molar-refractivity contribution is -0.153. The van der Waals surface area contributed by atoms with Gasteiger partial charge in [-0.2, -0.15) is 13.2 Å². The van der Waals surface area contributed by atoms with Gasteiger partial charge in [0.25, 0.3) is 0 Å². The maximum atomic E-state index is 12.4. The largest absolute Gasteiger partial charge is 0.488 e. The minimum Gasteiger partial charge on any atom is -0.488 e. The molecule has 0 saturated heterocycles. The Morgan fingerprint density at radius 2 is 1.88 bits per heavy atom. The van der Waals surface area contributed by atoms with E-state index in [1.54, 1.807) is 18.2 Å². The first-order chi connectivity index (χ1) is 15.4. The molecule has 0 saturated carbocycles. The van der Waals surface area contributed by atoms with E-state index >= 15 is 0 Å². The van der Waals surface area contributed by atoms with Crippen molar-refractivity contribution in [1.82, 2.24) is 5.32 Å². The highest BCUT2D eigenvalue weighted by Crippen LogP contribution is 2.30. The highest BCUT2D eigenvalue weighted by Gasteiger charge is 2.29. The molecule has 0 unspecified atom stereocenters. The molecule has 3 rings (SSSR count). The van der Waals surface area contributed by atoms with E-state index in [0.717, 1.165) is 32.4 Å². The molecule has 1 aliphatic rings. The van der Waals surface area contributed by atoms with E-state index in [0.29, 0.717) is 18.9 Å². The molecule has 8 heteroatoms. The van der Waals surface area contributed by atoms with Gasteiger partial charge >= 0.3 is 6.18 Å². The van der Waals surface area contributed by atoms with E-state index in [2.05, 4.69) is 35.3 Å². The number of nitrogens with one attached hydrogen (secondary N) is 1. The second kappa shape index (κ2) is 11.4. The van der Waals surface area contributed by atoms with E-state index in [9.17, 15) is 13.2 Å². The summed E-state index contributed by atoms with van der Waals surface area (Å²) >= 11 is 0. The molecule has 0 spiro atoms. The number of aliphatic hydroxyl groups excluding tert-OH is 1. The maximum Gasteiger partial charge on any atom is 0.422 e. The molecule has 0 fully saturated rings. The lowest BCUT2D eigenvalue weighted by atomic mass is 10.0. The molecule has 2 N–H and O–H groups in total. The molecule has 0 bridgehead atoms. The lowest BCUT2D eigenvalue weighted by Crippen LogP contribution is -2.32. The summed E-state index contributed by atoms with van der Waals surface area (Å²) in [7, 11) is 0. The van der Waals surface area contributed by atoms with Gasteiger partial charge in [-0.3, -0.25) is 0 Å². The third-order valence-corrected chi connectivity index (χ3v) is 5.36. The molecule has 1 heterocycles. The van der Waals surface area contributed by atoms with Crippen molar-refractivity contribution in [3.8, 4) is 11.5 Å². The first kappa shape index (κ1) is 24.2. The zero-order valence-corrected chi connectivity index (χ0v) is 18.3. The van der Waals surface area contributed by atoms with E-state index in [1.165, 1.54) is 22.9 Å². The second-order valence-electron chi connectivity index (χ2n) is 8.04. The van der Waals surface area contributed by atoms with Gasteiger partial charge in [0.05, 0.1) is 0 Å². The molecule has 2 aromatic rings. The summed E-state index contributed by atoms with van der Waals surface area (Å²) < 4.78 is 47.7. The van der Waals surface area contributed by atoms with Gasteiger partial charge in [-0.1, -0.05) is 24.3 Å². The number of alkyl halides is 3. The number of rotatable bonds is 12. The quantitative estimate of drug-likeness (QED) is 0.478. The maximum absolute atomic E-state index is 12.4. The van der Waals surface area contributed by atoms with Crippen molar-refractivity contribution in [1.29, 1.82) is 0 Å². The van der Waals surface area contributed by atoms with Crippen molar-refractivity contribution >= 4 is 5.69 Å². The summed E-state index contributed by atoms with van der Waals surface area (Å²) in [6.07, 6.45) is -1.71. The summed E-state index contributed by atoms with van der Waals surface area (Å²) in [4.78, 5) is 2.32. The average Bonchev–Trinajstić information content (AvgIpc) is 3.16. The monoisotopic (exact) mass is 452 g/mol. The fourth-order valence-electron chi connectivity index (χ4n) is 3.88. The highest BCUT2D eigenvalue weighted by atomic mass is 19.4. The molecular formula is C24H31F3N2O3. The van der Waals surface area contributed by atoms with Crippen molar-refractivity contribution in [3.05, 3.63) is 53.6 Å². The third kappa shape index (κ3) is 7.31. The smallest absolute Gasteiger partial charge is 0.422 e. The van der Waals surface area contributed by atoms with Gasteiger partial charge in [0.2, 0.25) is 0 Å². The Labute approximate surface area is 187 Å². The Kier molecular flexibility index (Phi) is 8.64. The van der Waals surface area contributed by atoms with Crippen LogP contribution in [0.3, 0.4) is 0 Å². The average molecular weight is 453 g/mol. The first-order valence-corrected chi connectivity index (χ1v) is 11.0. The summed E-state index contributed by atoms with van der Waals surface area (Å²) in [6.45, 7) is 3.73. The Hall–Kier alpha value is -2.45. The van der Waals surface area contributed by atoms with Crippen LogP contribution >= 0.6 is 0 Å². The Balaban J connectivity index is 1.42. The number of anilines is 1. The summed E-state index contributed by atoms with van der Waals surface area (Å²) in [5, 5.41) is 12.4. The van der Waals surface area contributed by atoms with Crippen LogP contribution in [0.2, 0.25) is 0 Å². The van der Waals surface area contributed by atoms with Crippen LogP contribution in [0.1, 0.15) is 24.5 Å². The summed E-state index contributed by atoms with van der Waals surface area (Å²) in [6, 6.07) is 13.2. The van der Waals surface area contributed by atoms with Gasteiger partial charge in [-0.15, -0.1) is 0 Å². The van der Waals surface area contributed by atoms with Crippen LogP contribution < -0.4 is 19.7 Å². The fourth-order valence-corrected chi connectivity index (χ4v) is 3.88. The van der Waals surface area contributed by atoms with Gasteiger partial charge in [0.1, 0.15) is 6.61 Å². The number of aliphatic hydroxyl groups is 1. The highest BCUT2D eigenvalue weighted by molar-refractivity contribution is 5.59. The van der Waals surface area contributed by atoms with Crippen molar-refractivity contribution in [2.45, 2.75) is 38.4 Å². The Bertz CT molecular complexity index is 861. The lowest BCUT2D eigenvalue weighted by Gasteiger charge is -2.19. The minimum absolute atomic E-state index is 0.0871. The summed E-state index contributed by atoms with van der Waals surface area (Å²) in [5.74, 6) is 0.389. The van der Waals surface area contributed by atoms with Crippen LogP contribution in [-0.4, -0.2) is 56.8 Å². The topological polar surface area (TPSA) is 54.0 Å². The summed E-state index contributed by atoms with van der Waals surface area (Å²) in [5.41, 5.74) is 3.88. The molecule has 32 heavy (non-hydrogen) atoms. The second-order valence-corrected chi connectivity index (χ2v) is 8.04. The van der Waals surface area contributed by atoms with Crippen LogP contribution in [0.15, 0.2) is 42.5 Å². The molecular weight excluding hydrogens is 421 g/mol. The fraction of sp³-hybridized carbons (Fsp3) is 0.500. The van der Waals surface area contributed by atoms with E-state index in [1.807, 2.05) is 0 Å². The van der Waals surface area contributed by atoms with Crippen molar-refractivity contribution in [2.75, 3.05) is 44.4 Å². The molecule has 0 aliphatic carbocycles. The van der Waals surface area contributed by atoms with Crippen LogP contribution in [0.25, 0.3) is 0 Å². The number of ether oxygens (including phenoxy) is 2. The number of nitrogens with zero attached hydrogens (tertiary/aromatic N) is 1. The number of benzene rings is 2. The van der Waals surface area contributed by atoms with Crippen molar-refractivity contribution < 1.29 is 27.8 Å². The number of fused-ring (bicyclic) bond motifs is 1. The zero-order valence-electron chi connectivity index (χ0n) is 18.3. The SMILES string of the molecule is C[C@H](Cc1ccc2c(c1)CCN2CCCO)NCCOc1ccccc1OCC(F)(F)F. The molecule has 176 valence electrons. The Morgan fingerprint density at radius 1 is 1.12 bits per heavy atom. The minimum atomic E-state index is -4.39. The van der Waals surface area contributed by atoms with Crippen molar-refractivity contribution in [2.24, 2.45) is 0 Å². The number of hydrogen-bond acceptors (Lipinski definition) is 5. The molecule has 0 amide bonds. The van der Waals surface area contributed by atoms with Crippen LogP contribution in [0.4, 0.5) is 18.9 Å². The molecule has 1 aliphatic heterocycles. The number of hydrogen-bond donors (Lipinski definition) is 2.